The Morgan fingerprint density at radius 2 is 2.09 bits per heavy atom. The molecule has 0 aliphatic carbocycles. The molecule has 1 aromatic heterocycles. The number of carbonyl (C=O) groups excluding carboxylic acids is 1. The number of benzene rings is 1. The molecule has 9 heteroatoms. The zero-order valence-corrected chi connectivity index (χ0v) is 20.5. The Bertz CT molecular complexity index is 1000. The summed E-state index contributed by atoms with van der Waals surface area (Å²) in [6, 6.07) is 10.4. The van der Waals surface area contributed by atoms with Gasteiger partial charge in [-0.2, -0.15) is 0 Å². The summed E-state index contributed by atoms with van der Waals surface area (Å²) < 4.78 is 17.2. The summed E-state index contributed by atoms with van der Waals surface area (Å²) in [6.45, 7) is 7.77. The Morgan fingerprint density at radius 1 is 1.23 bits per heavy atom. The highest BCUT2D eigenvalue weighted by atomic mass is 16.5. The molecule has 1 aromatic carbocycles. The van der Waals surface area contributed by atoms with E-state index < -0.39 is 0 Å². The number of amides is 1. The van der Waals surface area contributed by atoms with E-state index in [9.17, 15) is 4.79 Å². The first-order valence-electron chi connectivity index (χ1n) is 12.5. The highest BCUT2D eigenvalue weighted by Gasteiger charge is 2.28. The topological polar surface area (TPSA) is 88.2 Å². The van der Waals surface area contributed by atoms with E-state index in [-0.39, 0.29) is 12.0 Å². The number of nitrogens with zero attached hydrogens (tertiary/aromatic N) is 3. The van der Waals surface area contributed by atoms with Crippen molar-refractivity contribution in [1.82, 2.24) is 25.6 Å². The normalized spacial score (nSPS) is 23.1. The van der Waals surface area contributed by atoms with E-state index in [0.717, 1.165) is 69.2 Å². The van der Waals surface area contributed by atoms with Gasteiger partial charge in [0.15, 0.2) is 0 Å². The monoisotopic (exact) mass is 481 g/mol. The minimum absolute atomic E-state index is 0.0811. The number of rotatable bonds is 8. The van der Waals surface area contributed by atoms with Crippen molar-refractivity contribution < 1.29 is 19.0 Å². The van der Waals surface area contributed by atoms with Gasteiger partial charge in [-0.15, -0.1) is 0 Å². The van der Waals surface area contributed by atoms with Gasteiger partial charge in [0.05, 0.1) is 6.61 Å². The smallest absolute Gasteiger partial charge is 0.251 e. The first kappa shape index (κ1) is 24.0. The molecule has 2 unspecified atom stereocenters. The van der Waals surface area contributed by atoms with Gasteiger partial charge >= 0.3 is 0 Å². The van der Waals surface area contributed by atoms with Gasteiger partial charge in [-0.1, -0.05) is 12.1 Å². The minimum atomic E-state index is -0.371. The van der Waals surface area contributed by atoms with Crippen molar-refractivity contribution in [3.63, 3.8) is 0 Å². The Labute approximate surface area is 206 Å². The highest BCUT2D eigenvalue weighted by Crippen LogP contribution is 2.39. The fourth-order valence-corrected chi connectivity index (χ4v) is 4.96. The summed E-state index contributed by atoms with van der Waals surface area (Å²) in [4.78, 5) is 21.1. The number of piperazine rings is 1. The maximum Gasteiger partial charge on any atom is 0.251 e. The number of ether oxygens (including phenoxy) is 3. The van der Waals surface area contributed by atoms with Crippen molar-refractivity contribution in [1.29, 1.82) is 0 Å². The fourth-order valence-electron chi connectivity index (χ4n) is 4.96. The van der Waals surface area contributed by atoms with Crippen molar-refractivity contribution in [2.45, 2.75) is 37.8 Å². The molecule has 0 spiro atoms. The molecule has 2 fully saturated rings. The lowest BCUT2D eigenvalue weighted by atomic mass is 9.97. The average molecular weight is 482 g/mol. The molecule has 2 aromatic rings. The predicted octanol–water partition coefficient (Wildman–Crippen LogP) is 2.46. The number of hydrazine groups is 1. The van der Waals surface area contributed by atoms with E-state index in [0.29, 0.717) is 24.4 Å². The van der Waals surface area contributed by atoms with Gasteiger partial charge in [0, 0.05) is 75.7 Å². The van der Waals surface area contributed by atoms with Crippen molar-refractivity contribution in [3.05, 3.63) is 47.7 Å². The fraction of sp³-hybridized carbons (Fsp3) is 0.538. The van der Waals surface area contributed by atoms with Gasteiger partial charge in [-0.05, 0) is 37.9 Å². The summed E-state index contributed by atoms with van der Waals surface area (Å²) in [5.74, 6) is 2.66. The van der Waals surface area contributed by atoms with Gasteiger partial charge < -0.3 is 19.1 Å². The first-order chi connectivity index (χ1) is 17.1. The van der Waals surface area contributed by atoms with E-state index in [1.165, 1.54) is 5.56 Å². The molecule has 2 N–H and O–H groups in total. The Kier molecular flexibility index (Phi) is 7.48. The number of fused-ring (bicyclic) bond motifs is 1. The van der Waals surface area contributed by atoms with E-state index in [2.05, 4.69) is 32.9 Å². The molecule has 0 saturated carbocycles. The van der Waals surface area contributed by atoms with Gasteiger partial charge in [0.2, 0.25) is 5.88 Å². The number of aromatic nitrogens is 1. The van der Waals surface area contributed by atoms with Crippen LogP contribution < -0.4 is 20.3 Å². The van der Waals surface area contributed by atoms with Crippen molar-refractivity contribution in [2.24, 2.45) is 0 Å². The van der Waals surface area contributed by atoms with Crippen LogP contribution in [0.15, 0.2) is 36.5 Å². The Hall–Kier alpha value is -2.72. The Balaban J connectivity index is 1.11. The van der Waals surface area contributed by atoms with Crippen LogP contribution in [0.4, 0.5) is 0 Å². The van der Waals surface area contributed by atoms with Gasteiger partial charge in [-0.25, -0.2) is 4.98 Å². The molecule has 3 aliphatic rings. The third kappa shape index (κ3) is 5.59. The van der Waals surface area contributed by atoms with E-state index in [4.69, 9.17) is 14.2 Å². The molecule has 188 valence electrons. The lowest BCUT2D eigenvalue weighted by Gasteiger charge is -2.36. The number of methoxy groups -OCH3 is 1. The molecule has 1 amide bonds. The quantitative estimate of drug-likeness (QED) is 0.595. The molecule has 3 aliphatic heterocycles. The van der Waals surface area contributed by atoms with Crippen LogP contribution in [0.3, 0.4) is 0 Å². The van der Waals surface area contributed by atoms with Crippen LogP contribution in [-0.2, 0) is 9.53 Å². The average Bonchev–Trinajstić information content (AvgIpc) is 3.58. The summed E-state index contributed by atoms with van der Waals surface area (Å²) in [5.41, 5.74) is 8.79. The number of hydrogen-bond donors (Lipinski definition) is 2. The molecular formula is C26H35N5O4. The molecule has 4 heterocycles. The van der Waals surface area contributed by atoms with E-state index in [1.807, 2.05) is 36.2 Å². The van der Waals surface area contributed by atoms with Crippen LogP contribution in [0.25, 0.3) is 0 Å². The molecule has 5 rings (SSSR count). The third-order valence-electron chi connectivity index (χ3n) is 7.26. The van der Waals surface area contributed by atoms with Crippen LogP contribution in [0.1, 0.15) is 42.9 Å². The lowest BCUT2D eigenvalue weighted by molar-refractivity contribution is -0.142. The van der Waals surface area contributed by atoms with Crippen LogP contribution in [0, 0.1) is 0 Å². The number of nitrogens with one attached hydrogen (secondary N) is 2. The summed E-state index contributed by atoms with van der Waals surface area (Å²) >= 11 is 0. The molecule has 2 saturated heterocycles. The van der Waals surface area contributed by atoms with Crippen molar-refractivity contribution >= 4 is 5.91 Å². The molecule has 0 bridgehead atoms. The number of carbonyl (C=O) groups is 1. The second-order valence-corrected chi connectivity index (χ2v) is 9.49. The van der Waals surface area contributed by atoms with Crippen molar-refractivity contribution in [3.8, 4) is 17.4 Å². The van der Waals surface area contributed by atoms with Crippen LogP contribution >= 0.6 is 0 Å². The molecular weight excluding hydrogens is 446 g/mol. The molecule has 35 heavy (non-hydrogen) atoms. The largest absolute Gasteiger partial charge is 0.493 e. The predicted molar refractivity (Wildman–Crippen MR) is 132 cm³/mol. The van der Waals surface area contributed by atoms with Gasteiger partial charge in [-0.3, -0.25) is 20.5 Å². The standard InChI is InChI=1S/C26H35N5O4/c1-18(33-2)26(32)31-13-11-30(12-14-31)10-8-20-17-34-24-15-21(4-5-22(20)24)35-25-6-3-19(16-27-25)23-7-9-28-29-23/h3-6,15-16,18,20,23,28-29H,7-14,17H2,1-2H3/t18-,20?,23?/m0/s1. The van der Waals surface area contributed by atoms with Crippen molar-refractivity contribution in [2.75, 3.05) is 53.0 Å². The second-order valence-electron chi connectivity index (χ2n) is 9.49. The van der Waals surface area contributed by atoms with E-state index >= 15 is 0 Å². The van der Waals surface area contributed by atoms with Gasteiger partial charge in [0.1, 0.15) is 17.6 Å². The minimum Gasteiger partial charge on any atom is -0.493 e. The second kappa shape index (κ2) is 10.9. The zero-order chi connectivity index (χ0) is 24.2. The third-order valence-corrected chi connectivity index (χ3v) is 7.26. The first-order valence-corrected chi connectivity index (χ1v) is 12.5. The lowest BCUT2D eigenvalue weighted by Crippen LogP contribution is -2.51. The van der Waals surface area contributed by atoms with Gasteiger partial charge in [0.25, 0.3) is 5.91 Å². The summed E-state index contributed by atoms with van der Waals surface area (Å²) in [7, 11) is 1.58. The molecule has 0 radical (unpaired) electrons. The Morgan fingerprint density at radius 3 is 2.80 bits per heavy atom. The van der Waals surface area contributed by atoms with E-state index in [1.54, 1.807) is 7.11 Å². The van der Waals surface area contributed by atoms with Crippen LogP contribution in [-0.4, -0.2) is 79.8 Å². The SMILES string of the molecule is CO[C@@H](C)C(=O)N1CCN(CCC2COc3cc(Oc4ccc(C5CCNN5)cn4)ccc32)CC1. The maximum atomic E-state index is 12.3. The van der Waals surface area contributed by atoms with Crippen LogP contribution in [0.5, 0.6) is 17.4 Å². The zero-order valence-electron chi connectivity index (χ0n) is 20.5. The number of hydrogen-bond acceptors (Lipinski definition) is 8. The number of pyridine rings is 1. The van der Waals surface area contributed by atoms with Crippen LogP contribution in [0.2, 0.25) is 0 Å². The molecule has 3 atom stereocenters. The summed E-state index contributed by atoms with van der Waals surface area (Å²) in [5, 5.41) is 0. The maximum absolute atomic E-state index is 12.3. The summed E-state index contributed by atoms with van der Waals surface area (Å²) in [6.07, 6.45) is 3.58. The molecule has 9 nitrogen and oxygen atoms in total. The highest BCUT2D eigenvalue weighted by molar-refractivity contribution is 5.80.